The molecule has 0 aromatic rings. The molecule has 0 bridgehead atoms. The molecule has 72 heavy (non-hydrogen) atoms. The molecule has 0 aliphatic carbocycles. The predicted molar refractivity (Wildman–Crippen MR) is 284 cm³/mol. The second kappa shape index (κ2) is 44.5. The van der Waals surface area contributed by atoms with Crippen LogP contribution in [0.25, 0.3) is 0 Å². The number of allylic oxidation sites excluding steroid dienone is 14. The van der Waals surface area contributed by atoms with E-state index in [2.05, 4.69) is 98.9 Å². The summed E-state index contributed by atoms with van der Waals surface area (Å²) in [5.41, 5.74) is 0. The summed E-state index contributed by atoms with van der Waals surface area (Å²) in [6.45, 7) is 3.49. The van der Waals surface area contributed by atoms with E-state index in [4.69, 9.17) is 28.4 Å². The van der Waals surface area contributed by atoms with Crippen molar-refractivity contribution in [1.29, 1.82) is 0 Å². The second-order valence-electron chi connectivity index (χ2n) is 19.0. The van der Waals surface area contributed by atoms with Gasteiger partial charge in [-0.25, -0.2) is 0 Å². The zero-order valence-corrected chi connectivity index (χ0v) is 44.1. The van der Waals surface area contributed by atoms with Crippen molar-refractivity contribution in [3.63, 3.8) is 0 Å². The molecule has 2 heterocycles. The van der Waals surface area contributed by atoms with Crippen molar-refractivity contribution in [1.82, 2.24) is 0 Å². The molecule has 2 saturated heterocycles. The monoisotopic (exact) mass is 1020 g/mol. The Morgan fingerprint density at radius 2 is 0.903 bits per heavy atom. The SMILES string of the molecule is CC/C=C\C/C=C\C/C=C\C/C=C\C/C=C\C/C=C\CCCCCCCCCOCC(COC1OC(COC2OC(CO)C(O)C(O)C2O)C(O)C(O)C1O)OC(=O)CCCCCCC/C=C\CCCCC. The van der Waals surface area contributed by atoms with Gasteiger partial charge in [0.25, 0.3) is 0 Å². The summed E-state index contributed by atoms with van der Waals surface area (Å²) in [7, 11) is 0. The third-order valence-corrected chi connectivity index (χ3v) is 12.6. The predicted octanol–water partition coefficient (Wildman–Crippen LogP) is 9.24. The van der Waals surface area contributed by atoms with Gasteiger partial charge in [0.2, 0.25) is 0 Å². The third-order valence-electron chi connectivity index (χ3n) is 12.6. The fraction of sp³-hybridized carbons (Fsp3) is 0.741. The number of esters is 1. The van der Waals surface area contributed by atoms with Crippen molar-refractivity contribution in [3.05, 3.63) is 85.1 Å². The van der Waals surface area contributed by atoms with Crippen molar-refractivity contribution in [2.75, 3.05) is 33.0 Å². The van der Waals surface area contributed by atoms with Crippen molar-refractivity contribution >= 4 is 5.97 Å². The van der Waals surface area contributed by atoms with Crippen molar-refractivity contribution in [3.8, 4) is 0 Å². The van der Waals surface area contributed by atoms with E-state index in [1.165, 1.54) is 38.5 Å². The summed E-state index contributed by atoms with van der Waals surface area (Å²) < 4.78 is 34.3. The molecular weight excluding hydrogens is 921 g/mol. The molecule has 14 nitrogen and oxygen atoms in total. The van der Waals surface area contributed by atoms with Gasteiger partial charge >= 0.3 is 5.97 Å². The Labute approximate surface area is 433 Å². The highest BCUT2D eigenvalue weighted by Gasteiger charge is 2.47. The first-order valence-corrected chi connectivity index (χ1v) is 27.7. The number of carbonyl (C=O) groups is 1. The quantitative estimate of drug-likeness (QED) is 0.0172. The Bertz CT molecular complexity index is 1510. The number of rotatable bonds is 43. The molecule has 0 spiro atoms. The summed E-state index contributed by atoms with van der Waals surface area (Å²) in [6, 6.07) is 0. The van der Waals surface area contributed by atoms with Crippen LogP contribution in [0.3, 0.4) is 0 Å². The first kappa shape index (κ1) is 65.3. The zero-order chi connectivity index (χ0) is 52.3. The van der Waals surface area contributed by atoms with Gasteiger partial charge in [0.15, 0.2) is 12.6 Å². The number of carbonyl (C=O) groups excluding carboxylic acids is 1. The van der Waals surface area contributed by atoms with E-state index in [1.54, 1.807) is 0 Å². The van der Waals surface area contributed by atoms with Crippen molar-refractivity contribution in [2.45, 2.75) is 242 Å². The Balaban J connectivity index is 1.71. The first-order valence-electron chi connectivity index (χ1n) is 27.7. The molecule has 0 radical (unpaired) electrons. The van der Waals surface area contributed by atoms with Gasteiger partial charge in [-0.05, 0) is 89.9 Å². The van der Waals surface area contributed by atoms with Gasteiger partial charge in [0.1, 0.15) is 54.9 Å². The first-order chi connectivity index (χ1) is 35.1. The number of hydrogen-bond donors (Lipinski definition) is 7. The van der Waals surface area contributed by atoms with E-state index < -0.39 is 86.7 Å². The standard InChI is InChI=1S/C58H98O14/c1-3-5-7-9-11-13-15-17-18-19-20-21-22-23-24-25-26-27-28-29-30-32-34-36-38-40-42-67-44-47(70-50(60)41-39-37-35-33-31-16-14-12-10-8-6-4-2)45-68-57-56(66)54(64)52(62)49(72-57)46-69-58-55(65)53(63)51(61)48(43-59)71-58/h5,7,11-14,17-18,20-21,23-24,26-27,47-49,51-59,61-66H,3-4,6,8-10,15-16,19,22,25,28-46H2,1-2H3/b7-5-,13-11-,14-12-,18-17-,21-20-,24-23-,27-26-. The van der Waals surface area contributed by atoms with Crippen molar-refractivity contribution < 1.29 is 69.0 Å². The molecule has 414 valence electrons. The maximum absolute atomic E-state index is 13.0. The lowest BCUT2D eigenvalue weighted by atomic mass is 9.98. The van der Waals surface area contributed by atoms with Crippen molar-refractivity contribution in [2.24, 2.45) is 0 Å². The van der Waals surface area contributed by atoms with Gasteiger partial charge < -0.3 is 64.2 Å². The highest BCUT2D eigenvalue weighted by atomic mass is 16.7. The molecule has 2 rings (SSSR count). The Hall–Kier alpha value is -2.83. The summed E-state index contributed by atoms with van der Waals surface area (Å²) >= 11 is 0. The molecule has 0 amide bonds. The van der Waals surface area contributed by atoms with Gasteiger partial charge in [-0.1, -0.05) is 163 Å². The van der Waals surface area contributed by atoms with Crippen LogP contribution in [0.15, 0.2) is 85.1 Å². The molecule has 14 heteroatoms. The minimum Gasteiger partial charge on any atom is -0.457 e. The van der Waals surface area contributed by atoms with Crippen LogP contribution in [0, 0.1) is 0 Å². The highest BCUT2D eigenvalue weighted by Crippen LogP contribution is 2.26. The molecule has 0 saturated carbocycles. The van der Waals surface area contributed by atoms with E-state index in [0.29, 0.717) is 13.0 Å². The molecule has 11 atom stereocenters. The maximum Gasteiger partial charge on any atom is 0.306 e. The Morgan fingerprint density at radius 3 is 1.43 bits per heavy atom. The lowest BCUT2D eigenvalue weighted by Crippen LogP contribution is -2.61. The van der Waals surface area contributed by atoms with Crippen LogP contribution in [0.4, 0.5) is 0 Å². The van der Waals surface area contributed by atoms with Crippen LogP contribution in [0.1, 0.15) is 174 Å². The van der Waals surface area contributed by atoms with Crippen LogP contribution in [0.2, 0.25) is 0 Å². The lowest BCUT2D eigenvalue weighted by Gasteiger charge is -2.42. The van der Waals surface area contributed by atoms with Gasteiger partial charge in [0.05, 0.1) is 26.4 Å². The van der Waals surface area contributed by atoms with E-state index in [1.807, 2.05) is 0 Å². The second-order valence-corrected chi connectivity index (χ2v) is 19.0. The molecule has 11 unspecified atom stereocenters. The number of hydrogen-bond acceptors (Lipinski definition) is 14. The zero-order valence-electron chi connectivity index (χ0n) is 44.1. The van der Waals surface area contributed by atoms with Gasteiger partial charge in [-0.3, -0.25) is 4.79 Å². The molecular formula is C58H98O14. The van der Waals surface area contributed by atoms with E-state index in [9.17, 15) is 40.5 Å². The molecule has 0 aromatic heterocycles. The molecule has 0 aromatic carbocycles. The summed E-state index contributed by atoms with van der Waals surface area (Å²) in [6.07, 6.45) is 40.8. The Kier molecular flexibility index (Phi) is 40.3. The number of unbranched alkanes of at least 4 members (excludes halogenated alkanes) is 15. The smallest absolute Gasteiger partial charge is 0.306 e. The van der Waals surface area contributed by atoms with Crippen LogP contribution >= 0.6 is 0 Å². The van der Waals surface area contributed by atoms with E-state index >= 15 is 0 Å². The molecule has 2 aliphatic rings. The average Bonchev–Trinajstić information content (AvgIpc) is 3.38. The molecule has 2 aliphatic heterocycles. The fourth-order valence-electron chi connectivity index (χ4n) is 8.16. The fourth-order valence-corrected chi connectivity index (χ4v) is 8.16. The number of aliphatic hydroxyl groups is 7. The minimum absolute atomic E-state index is 0.0456. The molecule has 2 fully saturated rings. The lowest BCUT2D eigenvalue weighted by molar-refractivity contribution is -0.332. The molecule has 7 N–H and O–H groups in total. The third kappa shape index (κ3) is 31.1. The summed E-state index contributed by atoms with van der Waals surface area (Å²) in [5.74, 6) is -0.394. The summed E-state index contributed by atoms with van der Waals surface area (Å²) in [4.78, 5) is 13.0. The summed E-state index contributed by atoms with van der Waals surface area (Å²) in [5, 5.41) is 72.2. The van der Waals surface area contributed by atoms with Gasteiger partial charge in [-0.2, -0.15) is 0 Å². The average molecular weight is 1020 g/mol. The van der Waals surface area contributed by atoms with Gasteiger partial charge in [0, 0.05) is 13.0 Å². The van der Waals surface area contributed by atoms with E-state index in [0.717, 1.165) is 109 Å². The van der Waals surface area contributed by atoms with E-state index in [-0.39, 0.29) is 19.6 Å². The van der Waals surface area contributed by atoms with Crippen LogP contribution in [-0.4, -0.2) is 142 Å². The largest absolute Gasteiger partial charge is 0.457 e. The number of ether oxygens (including phenoxy) is 6. The van der Waals surface area contributed by atoms with Crippen LogP contribution < -0.4 is 0 Å². The number of aliphatic hydroxyl groups excluding tert-OH is 7. The van der Waals surface area contributed by atoms with Crippen LogP contribution in [-0.2, 0) is 33.2 Å². The topological polar surface area (TPSA) is 214 Å². The van der Waals surface area contributed by atoms with Gasteiger partial charge in [-0.15, -0.1) is 0 Å². The maximum atomic E-state index is 13.0. The minimum atomic E-state index is -1.71. The van der Waals surface area contributed by atoms with Crippen LogP contribution in [0.5, 0.6) is 0 Å². The highest BCUT2D eigenvalue weighted by molar-refractivity contribution is 5.69. The normalized spacial score (nSPS) is 25.8. The Morgan fingerprint density at radius 1 is 0.472 bits per heavy atom.